The first-order chi connectivity index (χ1) is 21.5. The number of rotatable bonds is 16. The number of amides is 2. The second-order valence-electron chi connectivity index (χ2n) is 11.2. The number of β-lactam (4-membered cyclic amide) rings is 1. The van der Waals surface area contributed by atoms with Crippen molar-refractivity contribution in [2.24, 2.45) is 5.92 Å². The SMILES string of the molecule is CCCC(OC(=O)CC(C)C)OC(=O)C1=C(CSc2nnnn2CCN(C)C)CS[C@H]2[C@H](NC(=O)Cc3csc(N)n3)C(=O)N12.Cl.Cl. The lowest BCUT2D eigenvalue weighted by atomic mass is 10.0. The number of nitrogens with one attached hydrogen (secondary N) is 1. The maximum Gasteiger partial charge on any atom is 0.358 e. The van der Waals surface area contributed by atoms with E-state index in [1.165, 1.54) is 39.8 Å². The van der Waals surface area contributed by atoms with Crippen LogP contribution in [0, 0.1) is 5.92 Å². The Morgan fingerprint density at radius 2 is 1.98 bits per heavy atom. The third-order valence-electron chi connectivity index (χ3n) is 6.70. The lowest BCUT2D eigenvalue weighted by molar-refractivity contribution is -0.189. The van der Waals surface area contributed by atoms with Crippen LogP contribution in [0.5, 0.6) is 0 Å². The van der Waals surface area contributed by atoms with Crippen molar-refractivity contribution in [1.29, 1.82) is 0 Å². The molecule has 3 N–H and O–H groups in total. The molecule has 0 aromatic carbocycles. The Balaban J connectivity index is 0.00000384. The minimum absolute atomic E-state index is 0. The molecule has 0 radical (unpaired) electrons. The van der Waals surface area contributed by atoms with Gasteiger partial charge in [0.2, 0.25) is 17.4 Å². The third kappa shape index (κ3) is 10.9. The van der Waals surface area contributed by atoms with Gasteiger partial charge in [0.05, 0.1) is 18.7 Å². The minimum Gasteiger partial charge on any atom is -0.425 e. The molecule has 47 heavy (non-hydrogen) atoms. The van der Waals surface area contributed by atoms with E-state index in [9.17, 15) is 19.2 Å². The number of carbonyl (C=O) groups excluding carboxylic acids is 4. The Morgan fingerprint density at radius 3 is 2.62 bits per heavy atom. The van der Waals surface area contributed by atoms with Crippen molar-refractivity contribution in [3.05, 3.63) is 22.3 Å². The summed E-state index contributed by atoms with van der Waals surface area (Å²) in [5, 5.41) is 16.9. The van der Waals surface area contributed by atoms with Crippen LogP contribution in [0.25, 0.3) is 0 Å². The van der Waals surface area contributed by atoms with E-state index >= 15 is 0 Å². The van der Waals surface area contributed by atoms with Gasteiger partial charge < -0.3 is 25.4 Å². The molecule has 0 bridgehead atoms. The highest BCUT2D eigenvalue weighted by atomic mass is 35.5. The normalized spacial score (nSPS) is 17.8. The second-order valence-corrected chi connectivity index (χ2v) is 14.2. The fourth-order valence-corrected chi connectivity index (χ4v) is 7.49. The fraction of sp³-hybridized carbons (Fsp3) is 0.630. The van der Waals surface area contributed by atoms with Crippen molar-refractivity contribution in [2.75, 3.05) is 37.9 Å². The molecule has 2 aliphatic heterocycles. The lowest BCUT2D eigenvalue weighted by Crippen LogP contribution is -2.70. The summed E-state index contributed by atoms with van der Waals surface area (Å²) in [5.41, 5.74) is 6.92. The van der Waals surface area contributed by atoms with Gasteiger partial charge in [0.1, 0.15) is 17.1 Å². The molecule has 4 rings (SSSR count). The molecule has 3 atom stereocenters. The van der Waals surface area contributed by atoms with Crippen LogP contribution in [-0.4, -0.2) is 109 Å². The van der Waals surface area contributed by atoms with Gasteiger partial charge in [-0.25, -0.2) is 14.5 Å². The standard InChI is InChI=1S/C27H39N9O6S3.2ClH/c1-6-7-20(41-19(38)10-15(2)3)42-25(40)22-16(13-45-27-31-32-33-35(27)9-8-34(4)5)12-43-24-21(23(39)36(22)24)30-18(37)11-17-14-44-26(28)29-17;;/h14-15,20-21,24H,6-13H2,1-5H3,(H2,28,29)(H,30,37);2*1H/t20?,21-,24+;;/m1../s1. The van der Waals surface area contributed by atoms with Crippen LogP contribution in [0.15, 0.2) is 21.8 Å². The average molecular weight is 755 g/mol. The van der Waals surface area contributed by atoms with Crippen LogP contribution in [0.1, 0.15) is 45.7 Å². The van der Waals surface area contributed by atoms with Crippen molar-refractivity contribution in [3.63, 3.8) is 0 Å². The van der Waals surface area contributed by atoms with Crippen molar-refractivity contribution in [1.82, 2.24) is 40.3 Å². The van der Waals surface area contributed by atoms with Crippen molar-refractivity contribution in [3.8, 4) is 0 Å². The van der Waals surface area contributed by atoms with Crippen LogP contribution in [0.3, 0.4) is 0 Å². The maximum absolute atomic E-state index is 13.8. The number of aromatic nitrogens is 5. The van der Waals surface area contributed by atoms with Gasteiger partial charge >= 0.3 is 11.9 Å². The zero-order valence-corrected chi connectivity index (χ0v) is 30.8. The molecular weight excluding hydrogens is 713 g/mol. The average Bonchev–Trinajstić information content (AvgIpc) is 3.60. The highest BCUT2D eigenvalue weighted by Gasteiger charge is 2.54. The first kappa shape index (κ1) is 40.5. The summed E-state index contributed by atoms with van der Waals surface area (Å²) in [5.74, 6) is -1.27. The largest absolute Gasteiger partial charge is 0.425 e. The summed E-state index contributed by atoms with van der Waals surface area (Å²) in [7, 11) is 3.91. The molecule has 1 fully saturated rings. The van der Waals surface area contributed by atoms with Gasteiger partial charge in [-0.1, -0.05) is 32.5 Å². The number of nitrogens with zero attached hydrogens (tertiary/aromatic N) is 7. The Morgan fingerprint density at radius 1 is 1.23 bits per heavy atom. The smallest absolute Gasteiger partial charge is 0.358 e. The predicted octanol–water partition coefficient (Wildman–Crippen LogP) is 2.36. The number of esters is 2. The van der Waals surface area contributed by atoms with Crippen LogP contribution >= 0.6 is 59.7 Å². The van der Waals surface area contributed by atoms with E-state index in [4.69, 9.17) is 15.2 Å². The van der Waals surface area contributed by atoms with E-state index in [2.05, 4.69) is 25.8 Å². The summed E-state index contributed by atoms with van der Waals surface area (Å²) >= 11 is 4.01. The van der Waals surface area contributed by atoms with Crippen LogP contribution in [0.2, 0.25) is 0 Å². The van der Waals surface area contributed by atoms with Crippen LogP contribution in [0.4, 0.5) is 5.13 Å². The molecule has 0 saturated carbocycles. The molecule has 2 aromatic heterocycles. The van der Waals surface area contributed by atoms with Crippen LogP contribution < -0.4 is 11.1 Å². The van der Waals surface area contributed by atoms with Gasteiger partial charge in [-0.15, -0.1) is 53.0 Å². The highest BCUT2D eigenvalue weighted by Crippen LogP contribution is 2.42. The Bertz CT molecular complexity index is 1420. The van der Waals surface area contributed by atoms with Crippen molar-refractivity contribution in [2.45, 2.75) is 75.9 Å². The molecule has 2 amide bonds. The molecule has 0 aliphatic carbocycles. The molecule has 15 nitrogen and oxygen atoms in total. The van der Waals surface area contributed by atoms with E-state index < -0.39 is 35.6 Å². The van der Waals surface area contributed by atoms with Gasteiger partial charge in [-0.3, -0.25) is 19.3 Å². The summed E-state index contributed by atoms with van der Waals surface area (Å²) in [6.45, 7) is 6.98. The Hall–Kier alpha value is -2.64. The van der Waals surface area contributed by atoms with Gasteiger partial charge in [0.15, 0.2) is 5.13 Å². The quantitative estimate of drug-likeness (QED) is 0.110. The van der Waals surface area contributed by atoms with Crippen molar-refractivity contribution < 1.29 is 28.7 Å². The summed E-state index contributed by atoms with van der Waals surface area (Å²) in [6, 6.07) is -0.830. The maximum atomic E-state index is 13.8. The minimum atomic E-state index is -1.10. The molecule has 2 aliphatic rings. The number of fused-ring (bicyclic) bond motifs is 1. The molecular formula is C27H41Cl2N9O6S3. The lowest BCUT2D eigenvalue weighted by Gasteiger charge is -2.49. The van der Waals surface area contributed by atoms with Crippen molar-refractivity contribution >= 4 is 88.6 Å². The third-order valence-corrected chi connectivity index (χ3v) is 9.81. The highest BCUT2D eigenvalue weighted by molar-refractivity contribution is 8.01. The molecule has 1 saturated heterocycles. The number of ether oxygens (including phenoxy) is 2. The number of carbonyl (C=O) groups is 4. The second kappa shape index (κ2) is 18.8. The number of nitrogens with two attached hydrogens (primary N) is 1. The molecule has 4 heterocycles. The first-order valence-corrected chi connectivity index (χ1v) is 17.5. The number of thioether (sulfide) groups is 2. The van der Waals surface area contributed by atoms with Gasteiger partial charge in [-0.05, 0) is 42.4 Å². The number of hydrogen-bond donors (Lipinski definition) is 2. The van der Waals surface area contributed by atoms with Crippen LogP contribution in [-0.2, 0) is 41.6 Å². The van der Waals surface area contributed by atoms with E-state index in [-0.39, 0.29) is 55.2 Å². The first-order valence-electron chi connectivity index (χ1n) is 14.6. The molecule has 262 valence electrons. The van der Waals surface area contributed by atoms with Gasteiger partial charge in [0, 0.05) is 36.3 Å². The molecule has 0 spiro atoms. The topological polar surface area (TPSA) is 188 Å². The number of likely N-dealkylation sites (N-methyl/N-ethyl adjacent to an activating group) is 1. The number of nitrogen functional groups attached to an aromatic ring is 1. The fourth-order valence-electron chi connectivity index (χ4n) is 4.54. The predicted molar refractivity (Wildman–Crippen MR) is 184 cm³/mol. The van der Waals surface area contributed by atoms with E-state index in [1.54, 1.807) is 10.1 Å². The van der Waals surface area contributed by atoms with Gasteiger partial charge in [0.25, 0.3) is 5.91 Å². The molecule has 20 heteroatoms. The summed E-state index contributed by atoms with van der Waals surface area (Å²) in [6.07, 6.45) is -0.0315. The summed E-state index contributed by atoms with van der Waals surface area (Å²) < 4.78 is 12.9. The Labute approximate surface area is 298 Å². The number of tetrazole rings is 1. The summed E-state index contributed by atoms with van der Waals surface area (Å²) in [4.78, 5) is 59.9. The zero-order chi connectivity index (χ0) is 32.7. The number of halogens is 2. The van der Waals surface area contributed by atoms with E-state index in [0.29, 0.717) is 52.4 Å². The molecule has 2 aromatic rings. The number of hydrogen-bond acceptors (Lipinski definition) is 15. The Kier molecular flexibility index (Phi) is 16.2. The zero-order valence-electron chi connectivity index (χ0n) is 26.7. The number of anilines is 1. The van der Waals surface area contributed by atoms with E-state index in [1.807, 2.05) is 39.8 Å². The molecule has 1 unspecified atom stereocenters. The monoisotopic (exact) mass is 753 g/mol. The number of thiazole rings is 1. The van der Waals surface area contributed by atoms with E-state index in [0.717, 1.165) is 6.54 Å². The van der Waals surface area contributed by atoms with Gasteiger partial charge in [-0.2, -0.15) is 0 Å².